The molecule has 0 fully saturated rings. The topological polar surface area (TPSA) is 72.8 Å². The normalized spacial score (nSPS) is 10.7. The van der Waals surface area contributed by atoms with Crippen LogP contribution in [0.4, 0.5) is 5.82 Å². The Hall–Kier alpha value is -2.25. The predicted molar refractivity (Wildman–Crippen MR) is 99.3 cm³/mol. The molecule has 0 unspecified atom stereocenters. The van der Waals surface area contributed by atoms with Crippen molar-refractivity contribution in [2.45, 2.75) is 33.9 Å². The van der Waals surface area contributed by atoms with Crippen molar-refractivity contribution in [3.63, 3.8) is 0 Å². The first-order chi connectivity index (χ1) is 12.0. The molecular formula is C17H18ClN5OS. The average molecular weight is 376 g/mol. The molecule has 0 saturated heterocycles. The van der Waals surface area contributed by atoms with E-state index in [9.17, 15) is 0 Å². The highest BCUT2D eigenvalue weighted by atomic mass is 35.5. The van der Waals surface area contributed by atoms with E-state index in [1.165, 1.54) is 4.88 Å². The number of thiazole rings is 1. The van der Waals surface area contributed by atoms with Crippen molar-refractivity contribution < 1.29 is 4.74 Å². The van der Waals surface area contributed by atoms with Gasteiger partial charge in [0.1, 0.15) is 17.6 Å². The molecular weight excluding hydrogens is 358 g/mol. The molecule has 0 spiro atoms. The number of anilines is 1. The molecule has 0 amide bonds. The van der Waals surface area contributed by atoms with Crippen LogP contribution in [0.3, 0.4) is 0 Å². The van der Waals surface area contributed by atoms with Crippen LogP contribution in [-0.2, 0) is 13.2 Å². The van der Waals surface area contributed by atoms with Crippen molar-refractivity contribution in [2.24, 2.45) is 0 Å². The SMILES string of the molecule is Cc1nc(C)c(CNc2nc(OCc3ccncc3)nc(Cl)c2C)s1. The second-order valence-electron chi connectivity index (χ2n) is 5.51. The molecule has 0 saturated carbocycles. The summed E-state index contributed by atoms with van der Waals surface area (Å²) < 4.78 is 5.66. The number of halogens is 1. The molecule has 0 radical (unpaired) electrons. The van der Waals surface area contributed by atoms with Gasteiger partial charge in [0, 0.05) is 22.8 Å². The summed E-state index contributed by atoms with van der Waals surface area (Å²) >= 11 is 7.90. The molecule has 0 aliphatic carbocycles. The Kier molecular flexibility index (Phi) is 5.45. The number of rotatable bonds is 6. The van der Waals surface area contributed by atoms with Crippen molar-refractivity contribution in [3.8, 4) is 6.01 Å². The average Bonchev–Trinajstić information content (AvgIpc) is 2.93. The van der Waals surface area contributed by atoms with Crippen molar-refractivity contribution in [1.29, 1.82) is 0 Å². The maximum absolute atomic E-state index is 6.23. The summed E-state index contributed by atoms with van der Waals surface area (Å²) in [5.41, 5.74) is 2.80. The quantitative estimate of drug-likeness (QED) is 0.654. The third-order valence-corrected chi connectivity index (χ3v) is 5.04. The Bertz CT molecular complexity index is 869. The Morgan fingerprint density at radius 3 is 2.56 bits per heavy atom. The summed E-state index contributed by atoms with van der Waals surface area (Å²) in [7, 11) is 0. The number of hydrogen-bond acceptors (Lipinski definition) is 7. The van der Waals surface area contributed by atoms with Gasteiger partial charge in [0.25, 0.3) is 0 Å². The van der Waals surface area contributed by atoms with E-state index in [1.807, 2.05) is 32.9 Å². The third-order valence-electron chi connectivity index (χ3n) is 3.60. The van der Waals surface area contributed by atoms with Gasteiger partial charge < -0.3 is 10.1 Å². The minimum absolute atomic E-state index is 0.243. The molecule has 0 aliphatic rings. The van der Waals surface area contributed by atoms with Crippen LogP contribution in [0.15, 0.2) is 24.5 Å². The highest BCUT2D eigenvalue weighted by Gasteiger charge is 2.12. The number of aromatic nitrogens is 4. The van der Waals surface area contributed by atoms with Gasteiger partial charge in [-0.15, -0.1) is 11.3 Å². The maximum atomic E-state index is 6.23. The molecule has 3 aromatic rings. The van der Waals surface area contributed by atoms with Gasteiger partial charge in [-0.05, 0) is 38.5 Å². The first-order valence-electron chi connectivity index (χ1n) is 7.75. The van der Waals surface area contributed by atoms with Gasteiger partial charge in [-0.25, -0.2) is 4.98 Å². The zero-order valence-electron chi connectivity index (χ0n) is 14.2. The lowest BCUT2D eigenvalue weighted by Gasteiger charge is -2.11. The van der Waals surface area contributed by atoms with Crippen LogP contribution in [0.5, 0.6) is 6.01 Å². The highest BCUT2D eigenvalue weighted by Crippen LogP contribution is 2.25. The highest BCUT2D eigenvalue weighted by molar-refractivity contribution is 7.11. The fourth-order valence-corrected chi connectivity index (χ4v) is 3.27. The van der Waals surface area contributed by atoms with Crippen LogP contribution in [-0.4, -0.2) is 19.9 Å². The fraction of sp³-hybridized carbons (Fsp3) is 0.294. The molecule has 0 aliphatic heterocycles. The molecule has 6 nitrogen and oxygen atoms in total. The number of pyridine rings is 1. The first kappa shape index (κ1) is 17.6. The van der Waals surface area contributed by atoms with Crippen LogP contribution < -0.4 is 10.1 Å². The largest absolute Gasteiger partial charge is 0.459 e. The smallest absolute Gasteiger partial charge is 0.320 e. The van der Waals surface area contributed by atoms with Crippen LogP contribution in [0.1, 0.15) is 26.7 Å². The predicted octanol–water partition coefficient (Wildman–Crippen LogP) is 4.10. The van der Waals surface area contributed by atoms with E-state index in [1.54, 1.807) is 23.7 Å². The van der Waals surface area contributed by atoms with Crippen molar-refractivity contribution in [1.82, 2.24) is 19.9 Å². The molecule has 3 heterocycles. The lowest BCUT2D eigenvalue weighted by Crippen LogP contribution is -2.07. The number of nitrogens with one attached hydrogen (secondary N) is 1. The standard InChI is InChI=1S/C17H18ClN5OS/c1-10-15(18)22-17(24-9-13-4-6-19-7-5-13)23-16(10)20-8-14-11(2)21-12(3)25-14/h4-7H,8-9H2,1-3H3,(H,20,22,23). The number of nitrogens with zero attached hydrogens (tertiary/aromatic N) is 4. The van der Waals surface area contributed by atoms with Crippen LogP contribution in [0.2, 0.25) is 5.15 Å². The molecule has 1 N–H and O–H groups in total. The van der Waals surface area contributed by atoms with Crippen molar-refractivity contribution >= 4 is 28.8 Å². The minimum atomic E-state index is 0.243. The van der Waals surface area contributed by atoms with E-state index in [0.717, 1.165) is 21.8 Å². The summed E-state index contributed by atoms with van der Waals surface area (Å²) in [5.74, 6) is 0.662. The van der Waals surface area contributed by atoms with Gasteiger partial charge in [-0.3, -0.25) is 4.98 Å². The monoisotopic (exact) mass is 375 g/mol. The molecule has 0 atom stereocenters. The minimum Gasteiger partial charge on any atom is -0.459 e. The van der Waals surface area contributed by atoms with Gasteiger partial charge in [0.15, 0.2) is 0 Å². The summed E-state index contributed by atoms with van der Waals surface area (Å²) in [5, 5.41) is 4.73. The fourth-order valence-electron chi connectivity index (χ4n) is 2.24. The van der Waals surface area contributed by atoms with Crippen molar-refractivity contribution in [3.05, 3.63) is 56.4 Å². The van der Waals surface area contributed by atoms with E-state index in [-0.39, 0.29) is 6.01 Å². The Morgan fingerprint density at radius 2 is 1.88 bits per heavy atom. The molecule has 3 aromatic heterocycles. The first-order valence-corrected chi connectivity index (χ1v) is 8.95. The van der Waals surface area contributed by atoms with Crippen LogP contribution >= 0.6 is 22.9 Å². The van der Waals surface area contributed by atoms with Gasteiger partial charge in [0.05, 0.1) is 17.2 Å². The Balaban J connectivity index is 1.72. The summed E-state index contributed by atoms with van der Waals surface area (Å²) in [6.07, 6.45) is 3.43. The molecule has 0 bridgehead atoms. The summed E-state index contributed by atoms with van der Waals surface area (Å²) in [6, 6.07) is 4.00. The second kappa shape index (κ2) is 7.76. The van der Waals surface area contributed by atoms with E-state index in [0.29, 0.717) is 24.1 Å². The van der Waals surface area contributed by atoms with Gasteiger partial charge in [0.2, 0.25) is 0 Å². The van der Waals surface area contributed by atoms with E-state index in [4.69, 9.17) is 16.3 Å². The van der Waals surface area contributed by atoms with Gasteiger partial charge in [-0.2, -0.15) is 9.97 Å². The molecule has 25 heavy (non-hydrogen) atoms. The zero-order valence-corrected chi connectivity index (χ0v) is 15.8. The van der Waals surface area contributed by atoms with Crippen LogP contribution in [0, 0.1) is 20.8 Å². The van der Waals surface area contributed by atoms with E-state index < -0.39 is 0 Å². The lowest BCUT2D eigenvalue weighted by molar-refractivity contribution is 0.281. The number of aryl methyl sites for hydroxylation is 2. The van der Waals surface area contributed by atoms with E-state index >= 15 is 0 Å². The third kappa shape index (κ3) is 4.43. The number of hydrogen-bond donors (Lipinski definition) is 1. The Labute approximate surface area is 155 Å². The Morgan fingerprint density at radius 1 is 1.12 bits per heavy atom. The molecule has 8 heteroatoms. The lowest BCUT2D eigenvalue weighted by atomic mass is 10.3. The van der Waals surface area contributed by atoms with Gasteiger partial charge >= 0.3 is 6.01 Å². The van der Waals surface area contributed by atoms with Crippen molar-refractivity contribution in [2.75, 3.05) is 5.32 Å². The summed E-state index contributed by atoms with van der Waals surface area (Å²) in [4.78, 5) is 18.2. The van der Waals surface area contributed by atoms with Gasteiger partial charge in [-0.1, -0.05) is 11.6 Å². The molecule has 3 rings (SSSR count). The van der Waals surface area contributed by atoms with E-state index in [2.05, 4.69) is 25.3 Å². The second-order valence-corrected chi connectivity index (χ2v) is 7.16. The molecule has 0 aromatic carbocycles. The summed E-state index contributed by atoms with van der Waals surface area (Å²) in [6.45, 7) is 6.87. The zero-order chi connectivity index (χ0) is 17.8. The maximum Gasteiger partial charge on any atom is 0.320 e. The van der Waals surface area contributed by atoms with Crippen LogP contribution in [0.25, 0.3) is 0 Å². The molecule has 130 valence electrons. The number of ether oxygens (including phenoxy) is 1.